The molecular weight excluding hydrogens is 431 g/mol. The van der Waals surface area contributed by atoms with E-state index in [0.29, 0.717) is 30.8 Å². The largest absolute Gasteiger partial charge is 0.370 e. The lowest BCUT2D eigenvalue weighted by Crippen LogP contribution is -2.42. The lowest BCUT2D eigenvalue weighted by Gasteiger charge is -2.33. The Morgan fingerprint density at radius 1 is 1.00 bits per heavy atom. The molecule has 0 unspecified atom stereocenters. The summed E-state index contributed by atoms with van der Waals surface area (Å²) < 4.78 is 46.0. The van der Waals surface area contributed by atoms with Gasteiger partial charge in [-0.25, -0.2) is 17.5 Å². The Kier molecular flexibility index (Phi) is 6.64. The van der Waals surface area contributed by atoms with Crippen LogP contribution in [0.25, 0.3) is 0 Å². The first kappa shape index (κ1) is 22.1. The molecule has 1 saturated heterocycles. The van der Waals surface area contributed by atoms with E-state index in [-0.39, 0.29) is 23.5 Å². The summed E-state index contributed by atoms with van der Waals surface area (Å²) in [6.45, 7) is 1.51. The zero-order chi connectivity index (χ0) is 22.6. The van der Waals surface area contributed by atoms with Crippen molar-refractivity contribution < 1.29 is 22.3 Å². The minimum atomic E-state index is -3.76. The Hall–Kier alpha value is -3.07. The molecule has 8 heteroatoms. The highest BCUT2D eigenvalue weighted by Crippen LogP contribution is 2.23. The van der Waals surface area contributed by atoms with Gasteiger partial charge < -0.3 is 9.64 Å². The second-order valence-electron chi connectivity index (χ2n) is 7.50. The first-order valence-corrected chi connectivity index (χ1v) is 11.7. The van der Waals surface area contributed by atoms with E-state index in [0.717, 1.165) is 17.7 Å². The van der Waals surface area contributed by atoms with Crippen LogP contribution in [-0.4, -0.2) is 38.9 Å². The van der Waals surface area contributed by atoms with Crippen molar-refractivity contribution in [3.05, 3.63) is 101 Å². The number of sulfonamides is 1. The number of benzene rings is 3. The number of nitrogens with one attached hydrogen (secondary N) is 1. The molecule has 0 saturated carbocycles. The van der Waals surface area contributed by atoms with Crippen LogP contribution >= 0.6 is 0 Å². The van der Waals surface area contributed by atoms with Gasteiger partial charge in [-0.2, -0.15) is 0 Å². The number of rotatable bonds is 6. The van der Waals surface area contributed by atoms with Crippen LogP contribution < -0.4 is 4.72 Å². The summed E-state index contributed by atoms with van der Waals surface area (Å²) in [5, 5.41) is 0. The van der Waals surface area contributed by atoms with Gasteiger partial charge in [0.2, 0.25) is 10.0 Å². The first-order chi connectivity index (χ1) is 15.4. The number of amides is 1. The Bertz CT molecular complexity index is 1170. The lowest BCUT2D eigenvalue weighted by atomic mass is 10.1. The van der Waals surface area contributed by atoms with Crippen molar-refractivity contribution in [1.82, 2.24) is 9.62 Å². The fourth-order valence-electron chi connectivity index (χ4n) is 3.53. The molecule has 1 aliphatic heterocycles. The van der Waals surface area contributed by atoms with Crippen molar-refractivity contribution >= 4 is 15.9 Å². The summed E-state index contributed by atoms with van der Waals surface area (Å²) in [5.41, 5.74) is 2.27. The molecular formula is C24H23FN2O4S. The molecule has 1 N–H and O–H groups in total. The van der Waals surface area contributed by atoms with Crippen molar-refractivity contribution in [2.45, 2.75) is 17.5 Å². The van der Waals surface area contributed by atoms with Gasteiger partial charge in [-0.3, -0.25) is 4.79 Å². The molecule has 0 spiro atoms. The molecule has 6 nitrogen and oxygen atoms in total. The minimum absolute atomic E-state index is 0.00835. The second-order valence-corrected chi connectivity index (χ2v) is 9.26. The van der Waals surface area contributed by atoms with Crippen molar-refractivity contribution in [3.63, 3.8) is 0 Å². The van der Waals surface area contributed by atoms with Crippen LogP contribution in [0.4, 0.5) is 4.39 Å². The fourth-order valence-corrected chi connectivity index (χ4v) is 4.54. The molecule has 32 heavy (non-hydrogen) atoms. The van der Waals surface area contributed by atoms with Gasteiger partial charge in [-0.15, -0.1) is 0 Å². The number of nitrogens with zero attached hydrogens (tertiary/aromatic N) is 1. The number of carbonyl (C=O) groups excluding carboxylic acids is 1. The summed E-state index contributed by atoms with van der Waals surface area (Å²) in [7, 11) is -3.76. The topological polar surface area (TPSA) is 75.7 Å². The molecule has 1 amide bonds. The van der Waals surface area contributed by atoms with E-state index >= 15 is 0 Å². The van der Waals surface area contributed by atoms with Crippen LogP contribution in [0.3, 0.4) is 0 Å². The smallest absolute Gasteiger partial charge is 0.254 e. The maximum Gasteiger partial charge on any atom is 0.254 e. The summed E-state index contributed by atoms with van der Waals surface area (Å²) >= 11 is 0. The normalized spacial score (nSPS) is 16.7. The first-order valence-electron chi connectivity index (χ1n) is 10.2. The molecule has 3 aromatic carbocycles. The predicted octanol–water partition coefficient (Wildman–Crippen LogP) is 3.52. The second kappa shape index (κ2) is 9.60. The van der Waals surface area contributed by atoms with E-state index in [9.17, 15) is 17.6 Å². The van der Waals surface area contributed by atoms with Crippen LogP contribution in [0.5, 0.6) is 0 Å². The Balaban J connectivity index is 1.37. The number of morpholine rings is 1. The maximum absolute atomic E-state index is 13.0. The molecule has 0 aromatic heterocycles. The summed E-state index contributed by atoms with van der Waals surface area (Å²) in [5.74, 6) is -0.591. The monoisotopic (exact) mass is 454 g/mol. The van der Waals surface area contributed by atoms with Crippen molar-refractivity contribution in [2.75, 3.05) is 19.7 Å². The Morgan fingerprint density at radius 2 is 1.69 bits per heavy atom. The molecule has 1 atom stereocenters. The molecule has 0 aliphatic carbocycles. The van der Waals surface area contributed by atoms with Crippen LogP contribution in [0.2, 0.25) is 0 Å². The highest BCUT2D eigenvalue weighted by Gasteiger charge is 2.26. The van der Waals surface area contributed by atoms with Gasteiger partial charge in [0, 0.05) is 18.7 Å². The predicted molar refractivity (Wildman–Crippen MR) is 118 cm³/mol. The van der Waals surface area contributed by atoms with E-state index in [1.54, 1.807) is 29.2 Å². The van der Waals surface area contributed by atoms with Gasteiger partial charge in [-0.1, -0.05) is 42.5 Å². The third-order valence-corrected chi connectivity index (χ3v) is 6.73. The number of hydrogen-bond acceptors (Lipinski definition) is 4. The van der Waals surface area contributed by atoms with E-state index in [2.05, 4.69) is 4.72 Å². The molecule has 0 bridgehead atoms. The number of halogens is 1. The molecule has 4 rings (SSSR count). The fraction of sp³-hybridized carbons (Fsp3) is 0.208. The lowest BCUT2D eigenvalue weighted by molar-refractivity contribution is -0.0228. The molecule has 3 aromatic rings. The van der Waals surface area contributed by atoms with Gasteiger partial charge >= 0.3 is 0 Å². The van der Waals surface area contributed by atoms with E-state index in [1.165, 1.54) is 12.1 Å². The van der Waals surface area contributed by atoms with E-state index in [4.69, 9.17) is 4.74 Å². The van der Waals surface area contributed by atoms with Crippen molar-refractivity contribution in [2.24, 2.45) is 0 Å². The third kappa shape index (κ3) is 5.21. The average molecular weight is 455 g/mol. The molecule has 1 fully saturated rings. The molecule has 0 radical (unpaired) electrons. The van der Waals surface area contributed by atoms with Crippen molar-refractivity contribution in [1.29, 1.82) is 0 Å². The summed E-state index contributed by atoms with van der Waals surface area (Å²) in [6.07, 6.45) is -0.158. The van der Waals surface area contributed by atoms with Gasteiger partial charge in [0.05, 0.1) is 18.0 Å². The van der Waals surface area contributed by atoms with Gasteiger partial charge in [-0.05, 0) is 47.5 Å². The third-order valence-electron chi connectivity index (χ3n) is 5.32. The zero-order valence-electron chi connectivity index (χ0n) is 17.3. The molecule has 1 aliphatic rings. The number of ether oxygens (including phenoxy) is 1. The maximum atomic E-state index is 13.0. The van der Waals surface area contributed by atoms with Crippen LogP contribution in [0.15, 0.2) is 83.8 Å². The van der Waals surface area contributed by atoms with Crippen LogP contribution in [-0.2, 0) is 21.3 Å². The van der Waals surface area contributed by atoms with Gasteiger partial charge in [0.1, 0.15) is 11.9 Å². The standard InChI is InChI=1S/C24H23FN2O4S/c25-21-10-12-22(13-11-21)32(29,30)26-16-18-6-8-20(9-7-18)24(28)27-14-15-31-23(17-27)19-4-2-1-3-5-19/h1-13,23,26H,14-17H2/t23-/m1/s1. The Labute approximate surface area is 186 Å². The quantitative estimate of drug-likeness (QED) is 0.619. The minimum Gasteiger partial charge on any atom is -0.370 e. The van der Waals surface area contributed by atoms with E-state index < -0.39 is 15.8 Å². The number of carbonyl (C=O) groups is 1. The average Bonchev–Trinajstić information content (AvgIpc) is 2.84. The Morgan fingerprint density at radius 3 is 2.38 bits per heavy atom. The van der Waals surface area contributed by atoms with E-state index in [1.807, 2.05) is 30.3 Å². The number of hydrogen-bond donors (Lipinski definition) is 1. The SMILES string of the molecule is O=C(c1ccc(CNS(=O)(=O)c2ccc(F)cc2)cc1)N1CCO[C@@H](c2ccccc2)C1. The highest BCUT2D eigenvalue weighted by molar-refractivity contribution is 7.89. The van der Waals surface area contributed by atoms with Gasteiger partial charge in [0.15, 0.2) is 0 Å². The zero-order valence-corrected chi connectivity index (χ0v) is 18.1. The summed E-state index contributed by atoms with van der Waals surface area (Å²) in [6, 6.07) is 21.3. The van der Waals surface area contributed by atoms with Gasteiger partial charge in [0.25, 0.3) is 5.91 Å². The molecule has 1 heterocycles. The molecule has 166 valence electrons. The van der Waals surface area contributed by atoms with Crippen LogP contribution in [0.1, 0.15) is 27.6 Å². The van der Waals surface area contributed by atoms with Crippen molar-refractivity contribution in [3.8, 4) is 0 Å². The summed E-state index contributed by atoms with van der Waals surface area (Å²) in [4.78, 5) is 14.7. The van der Waals surface area contributed by atoms with Crippen LogP contribution in [0, 0.1) is 5.82 Å². The highest BCUT2D eigenvalue weighted by atomic mass is 32.2.